The molecule has 126 valence electrons. The maximum absolute atomic E-state index is 13.5. The molecule has 1 unspecified atom stereocenters. The summed E-state index contributed by atoms with van der Waals surface area (Å²) in [6.45, 7) is 4.69. The summed E-state index contributed by atoms with van der Waals surface area (Å²) in [6, 6.07) is 6.44. The molecular weight excluding hydrogens is 297 g/mol. The van der Waals surface area contributed by atoms with E-state index in [2.05, 4.69) is 15.2 Å². The summed E-state index contributed by atoms with van der Waals surface area (Å²) in [6.07, 6.45) is 2.29. The summed E-state index contributed by atoms with van der Waals surface area (Å²) >= 11 is 0. The Morgan fingerprint density at radius 1 is 1.43 bits per heavy atom. The van der Waals surface area contributed by atoms with Gasteiger partial charge in [0.2, 0.25) is 0 Å². The van der Waals surface area contributed by atoms with E-state index in [0.717, 1.165) is 45.1 Å². The summed E-state index contributed by atoms with van der Waals surface area (Å²) in [4.78, 5) is 6.62. The second-order valence-corrected chi connectivity index (χ2v) is 6.23. The van der Waals surface area contributed by atoms with Gasteiger partial charge in [-0.2, -0.15) is 0 Å². The molecule has 0 saturated carbocycles. The molecule has 1 atom stereocenters. The van der Waals surface area contributed by atoms with Crippen LogP contribution in [0, 0.1) is 11.2 Å². The molecule has 2 aliphatic heterocycles. The van der Waals surface area contributed by atoms with Crippen molar-refractivity contribution in [3.63, 3.8) is 0 Å². The van der Waals surface area contributed by atoms with Gasteiger partial charge in [-0.25, -0.2) is 4.39 Å². The first-order chi connectivity index (χ1) is 11.2. The monoisotopic (exact) mass is 321 g/mol. The van der Waals surface area contributed by atoms with Gasteiger partial charge in [-0.05, 0) is 25.0 Å². The number of nitrogens with zero attached hydrogens (tertiary/aromatic N) is 2. The average Bonchev–Trinajstić information content (AvgIpc) is 3.20. The number of halogens is 1. The molecule has 6 heteroatoms. The van der Waals surface area contributed by atoms with Gasteiger partial charge in [0.15, 0.2) is 17.5 Å². The minimum absolute atomic E-state index is 0.285. The van der Waals surface area contributed by atoms with E-state index in [1.807, 2.05) is 0 Å². The van der Waals surface area contributed by atoms with Crippen LogP contribution >= 0.6 is 0 Å². The molecule has 0 aromatic heterocycles. The number of nitrogens with one attached hydrogen (secondary N) is 1. The molecule has 3 rings (SSSR count). The van der Waals surface area contributed by atoms with E-state index in [1.165, 1.54) is 6.07 Å². The predicted molar refractivity (Wildman–Crippen MR) is 87.3 cm³/mol. The Morgan fingerprint density at radius 2 is 2.30 bits per heavy atom. The van der Waals surface area contributed by atoms with Crippen LogP contribution < -0.4 is 10.1 Å². The van der Waals surface area contributed by atoms with Crippen LogP contribution in [0.3, 0.4) is 0 Å². The maximum atomic E-state index is 13.5. The Kier molecular flexibility index (Phi) is 5.00. The van der Waals surface area contributed by atoms with Crippen molar-refractivity contribution in [3.05, 3.63) is 30.1 Å². The zero-order valence-corrected chi connectivity index (χ0v) is 13.6. The van der Waals surface area contributed by atoms with Crippen LogP contribution in [0.5, 0.6) is 5.75 Å². The van der Waals surface area contributed by atoms with E-state index in [1.54, 1.807) is 25.2 Å². The number of guanidine groups is 1. The van der Waals surface area contributed by atoms with Gasteiger partial charge in [0.05, 0.1) is 13.2 Å². The summed E-state index contributed by atoms with van der Waals surface area (Å²) < 4.78 is 24.5. The molecule has 1 aromatic carbocycles. The highest BCUT2D eigenvalue weighted by atomic mass is 19.1. The molecule has 1 spiro atoms. The SMILES string of the molecule is CN=C(NCCOc1ccccc1F)N1CCC2(CCOC2)C1. The number of para-hydroxylation sites is 1. The maximum Gasteiger partial charge on any atom is 0.193 e. The van der Waals surface area contributed by atoms with Crippen LogP contribution in [-0.2, 0) is 4.74 Å². The van der Waals surface area contributed by atoms with Gasteiger partial charge in [-0.3, -0.25) is 4.99 Å². The van der Waals surface area contributed by atoms with Gasteiger partial charge in [-0.15, -0.1) is 0 Å². The molecule has 0 aliphatic carbocycles. The molecule has 2 saturated heterocycles. The van der Waals surface area contributed by atoms with Crippen molar-refractivity contribution in [1.29, 1.82) is 0 Å². The Morgan fingerprint density at radius 3 is 3.04 bits per heavy atom. The van der Waals surface area contributed by atoms with E-state index >= 15 is 0 Å². The van der Waals surface area contributed by atoms with Gasteiger partial charge in [0.1, 0.15) is 6.61 Å². The van der Waals surface area contributed by atoms with Crippen molar-refractivity contribution in [2.45, 2.75) is 12.8 Å². The molecule has 1 N–H and O–H groups in total. The molecule has 2 heterocycles. The van der Waals surface area contributed by atoms with Crippen molar-refractivity contribution in [3.8, 4) is 5.75 Å². The number of aliphatic imine (C=N–C) groups is 1. The first-order valence-electron chi connectivity index (χ1n) is 8.13. The van der Waals surface area contributed by atoms with Crippen LogP contribution in [0.1, 0.15) is 12.8 Å². The second-order valence-electron chi connectivity index (χ2n) is 6.23. The highest BCUT2D eigenvalue weighted by Crippen LogP contribution is 2.38. The van der Waals surface area contributed by atoms with Crippen molar-refractivity contribution in [1.82, 2.24) is 10.2 Å². The molecule has 2 aliphatic rings. The van der Waals surface area contributed by atoms with E-state index in [4.69, 9.17) is 9.47 Å². The quantitative estimate of drug-likeness (QED) is 0.523. The van der Waals surface area contributed by atoms with E-state index in [0.29, 0.717) is 18.6 Å². The summed E-state index contributed by atoms with van der Waals surface area (Å²) in [7, 11) is 1.79. The first kappa shape index (κ1) is 16.1. The molecule has 23 heavy (non-hydrogen) atoms. The topological polar surface area (TPSA) is 46.1 Å². The van der Waals surface area contributed by atoms with Gasteiger partial charge in [-0.1, -0.05) is 12.1 Å². The van der Waals surface area contributed by atoms with Gasteiger partial charge < -0.3 is 19.7 Å². The molecule has 0 radical (unpaired) electrons. The summed E-state index contributed by atoms with van der Waals surface area (Å²) in [5.41, 5.74) is 0.307. The summed E-state index contributed by atoms with van der Waals surface area (Å²) in [5, 5.41) is 3.30. The third kappa shape index (κ3) is 3.75. The fourth-order valence-corrected chi connectivity index (χ4v) is 3.31. The highest BCUT2D eigenvalue weighted by Gasteiger charge is 2.42. The summed E-state index contributed by atoms with van der Waals surface area (Å²) in [5.74, 6) is 0.832. The highest BCUT2D eigenvalue weighted by molar-refractivity contribution is 5.80. The molecule has 5 nitrogen and oxygen atoms in total. The number of rotatable bonds is 4. The fraction of sp³-hybridized carbons (Fsp3) is 0.588. The van der Waals surface area contributed by atoms with Gasteiger partial charge in [0, 0.05) is 32.2 Å². The average molecular weight is 321 g/mol. The van der Waals surface area contributed by atoms with Crippen molar-refractivity contribution in [2.75, 3.05) is 46.5 Å². The molecule has 1 aromatic rings. The van der Waals surface area contributed by atoms with E-state index in [-0.39, 0.29) is 11.6 Å². The van der Waals surface area contributed by atoms with Gasteiger partial charge in [0.25, 0.3) is 0 Å². The number of hydrogen-bond acceptors (Lipinski definition) is 3. The lowest BCUT2D eigenvalue weighted by atomic mass is 9.87. The van der Waals surface area contributed by atoms with Crippen LogP contribution in [-0.4, -0.2) is 57.4 Å². The molecule has 2 fully saturated rings. The number of likely N-dealkylation sites (tertiary alicyclic amines) is 1. The zero-order valence-electron chi connectivity index (χ0n) is 13.6. The van der Waals surface area contributed by atoms with Crippen LogP contribution in [0.2, 0.25) is 0 Å². The van der Waals surface area contributed by atoms with Crippen molar-refractivity contribution >= 4 is 5.96 Å². The normalized spacial score (nSPS) is 24.4. The van der Waals surface area contributed by atoms with Crippen LogP contribution in [0.4, 0.5) is 4.39 Å². The number of hydrogen-bond donors (Lipinski definition) is 1. The first-order valence-corrected chi connectivity index (χ1v) is 8.13. The zero-order chi connectivity index (χ0) is 16.1. The van der Waals surface area contributed by atoms with Gasteiger partial charge >= 0.3 is 0 Å². The lowest BCUT2D eigenvalue weighted by Crippen LogP contribution is -2.42. The standard InChI is InChI=1S/C17H24FN3O2/c1-19-16(21-9-6-17(12-21)7-10-22-13-17)20-8-11-23-15-5-3-2-4-14(15)18/h2-5H,6-13H2,1H3,(H,19,20). The Bertz CT molecular complexity index is 559. The molecular formula is C17H24FN3O2. The predicted octanol–water partition coefficient (Wildman–Crippen LogP) is 1.89. The van der Waals surface area contributed by atoms with E-state index in [9.17, 15) is 4.39 Å². The lowest BCUT2D eigenvalue weighted by molar-refractivity contribution is 0.156. The van der Waals surface area contributed by atoms with E-state index < -0.39 is 0 Å². The van der Waals surface area contributed by atoms with Crippen molar-refractivity contribution < 1.29 is 13.9 Å². The number of benzene rings is 1. The largest absolute Gasteiger partial charge is 0.489 e. The molecule has 0 amide bonds. The fourth-order valence-electron chi connectivity index (χ4n) is 3.31. The lowest BCUT2D eigenvalue weighted by Gasteiger charge is -2.24. The Hall–Kier alpha value is -1.82. The van der Waals surface area contributed by atoms with Crippen LogP contribution in [0.25, 0.3) is 0 Å². The minimum atomic E-state index is -0.334. The third-order valence-corrected chi connectivity index (χ3v) is 4.61. The Labute approximate surface area is 136 Å². The Balaban J connectivity index is 1.44. The van der Waals surface area contributed by atoms with Crippen molar-refractivity contribution in [2.24, 2.45) is 10.4 Å². The smallest absolute Gasteiger partial charge is 0.193 e. The minimum Gasteiger partial charge on any atom is -0.489 e. The third-order valence-electron chi connectivity index (χ3n) is 4.61. The van der Waals surface area contributed by atoms with Crippen LogP contribution in [0.15, 0.2) is 29.3 Å². The molecule has 0 bridgehead atoms. The number of ether oxygens (including phenoxy) is 2. The second kappa shape index (κ2) is 7.17.